The van der Waals surface area contributed by atoms with Crippen LogP contribution in [-0.2, 0) is 26.7 Å². The fraction of sp³-hybridized carbons (Fsp3) is 0.410. The van der Waals surface area contributed by atoms with Crippen molar-refractivity contribution in [3.05, 3.63) is 66.5 Å². The van der Waals surface area contributed by atoms with Gasteiger partial charge in [0.25, 0.3) is 0 Å². The molecular weight excluding hydrogens is 782 g/mol. The molecule has 59 heavy (non-hydrogen) atoms. The summed E-state index contributed by atoms with van der Waals surface area (Å²) in [5.74, 6) is 0.621. The number of amides is 2. The highest BCUT2D eigenvalue weighted by atomic mass is 32.2. The SMILES string of the molecule is CC(C)Oc1c(-c2cn[nH]c2)ncn2nc(Nc3ccc(S(=O)(=O)N4CCCC(CN5CC(c6ccc7c(N(C)CCC(=O)NC=O)nn(C)c7c6)C5)C4)cc3F)nc12. The number of aromatic nitrogens is 8. The average molecular weight is 828 g/mol. The first kappa shape index (κ1) is 39.8. The van der Waals surface area contributed by atoms with Gasteiger partial charge in [-0.05, 0) is 68.5 Å². The second-order valence-corrected chi connectivity index (χ2v) is 17.4. The third kappa shape index (κ3) is 8.19. The second kappa shape index (κ2) is 16.3. The Balaban J connectivity index is 0.883. The van der Waals surface area contributed by atoms with Crippen molar-refractivity contribution in [3.8, 4) is 17.0 Å². The van der Waals surface area contributed by atoms with Crippen LogP contribution in [0, 0.1) is 11.7 Å². The molecule has 6 heterocycles. The minimum atomic E-state index is -3.96. The Labute approximate surface area is 339 Å². The van der Waals surface area contributed by atoms with E-state index in [4.69, 9.17) is 9.84 Å². The monoisotopic (exact) mass is 827 g/mol. The Morgan fingerprint density at radius 3 is 2.73 bits per heavy atom. The molecule has 1 atom stereocenters. The Morgan fingerprint density at radius 1 is 1.15 bits per heavy atom. The highest BCUT2D eigenvalue weighted by molar-refractivity contribution is 7.89. The zero-order chi connectivity index (χ0) is 41.4. The number of sulfonamides is 1. The number of nitrogens with one attached hydrogen (secondary N) is 3. The summed E-state index contributed by atoms with van der Waals surface area (Å²) in [6.45, 7) is 7.41. The molecule has 4 aromatic heterocycles. The highest BCUT2D eigenvalue weighted by Gasteiger charge is 2.35. The van der Waals surface area contributed by atoms with Gasteiger partial charge < -0.3 is 19.9 Å². The van der Waals surface area contributed by atoms with Crippen LogP contribution in [0.1, 0.15) is 44.6 Å². The molecule has 1 unspecified atom stereocenters. The van der Waals surface area contributed by atoms with Crippen LogP contribution in [-0.4, -0.2) is 122 Å². The van der Waals surface area contributed by atoms with E-state index in [1.807, 2.05) is 37.5 Å². The molecule has 2 aliphatic rings. The number of carbonyl (C=O) groups is 2. The molecule has 310 valence electrons. The molecule has 2 saturated heterocycles. The summed E-state index contributed by atoms with van der Waals surface area (Å²) in [4.78, 5) is 35.5. The number of rotatable bonds is 15. The summed E-state index contributed by atoms with van der Waals surface area (Å²) >= 11 is 0. The zero-order valence-electron chi connectivity index (χ0n) is 33.2. The number of ether oxygens (including phenoxy) is 1. The van der Waals surface area contributed by atoms with E-state index < -0.39 is 15.8 Å². The topological polar surface area (TPSA) is 201 Å². The Hall–Kier alpha value is -5.99. The van der Waals surface area contributed by atoms with E-state index in [0.29, 0.717) is 54.6 Å². The standard InChI is InChI=1S/C39H46FN13O5S/c1-24(2)58-36-35(27-16-43-44-17-27)41-22-53-38(36)46-39(48-53)45-32-10-8-29(15-31(32)40)59(56,57)52-12-5-6-25(19-52)18-51-20-28(21-51)26-7-9-30-33(14-26)50(4)47-37(30)49(3)13-11-34(55)42-23-54/h7-10,14-17,22-25,28H,5-6,11-13,18-21H2,1-4H3,(H,43,44)(H,45,48)(H,42,54,55). The molecule has 8 rings (SSSR count). The molecule has 0 spiro atoms. The van der Waals surface area contributed by atoms with E-state index in [-0.39, 0.29) is 40.9 Å². The van der Waals surface area contributed by atoms with Gasteiger partial charge in [0, 0.05) is 82.8 Å². The van der Waals surface area contributed by atoms with E-state index in [1.54, 1.807) is 12.4 Å². The number of fused-ring (bicyclic) bond motifs is 2. The number of piperidine rings is 1. The van der Waals surface area contributed by atoms with Crippen LogP contribution in [0.15, 0.2) is 60.0 Å². The number of H-pyrrole nitrogens is 1. The van der Waals surface area contributed by atoms with Crippen LogP contribution in [0.25, 0.3) is 27.8 Å². The van der Waals surface area contributed by atoms with Crippen molar-refractivity contribution in [2.24, 2.45) is 13.0 Å². The number of halogens is 1. The molecule has 2 aromatic carbocycles. The van der Waals surface area contributed by atoms with Crippen molar-refractivity contribution in [2.75, 3.05) is 56.5 Å². The van der Waals surface area contributed by atoms with Crippen LogP contribution in [0.4, 0.5) is 21.8 Å². The fourth-order valence-electron chi connectivity index (χ4n) is 7.84. The average Bonchev–Trinajstić information content (AvgIpc) is 3.96. The van der Waals surface area contributed by atoms with Gasteiger partial charge in [-0.15, -0.1) is 5.10 Å². The summed E-state index contributed by atoms with van der Waals surface area (Å²) in [5, 5.41) is 21.9. The Kier molecular flexibility index (Phi) is 11.0. The lowest BCUT2D eigenvalue weighted by molar-refractivity contribution is -0.125. The van der Waals surface area contributed by atoms with E-state index in [2.05, 4.69) is 59.0 Å². The summed E-state index contributed by atoms with van der Waals surface area (Å²) in [5.41, 5.74) is 3.81. The first-order chi connectivity index (χ1) is 28.4. The molecule has 3 N–H and O–H groups in total. The van der Waals surface area contributed by atoms with Crippen molar-refractivity contribution in [1.82, 2.24) is 54.1 Å². The van der Waals surface area contributed by atoms with Crippen LogP contribution < -0.4 is 20.3 Å². The van der Waals surface area contributed by atoms with Crippen molar-refractivity contribution in [3.63, 3.8) is 0 Å². The summed E-state index contributed by atoms with van der Waals surface area (Å²) in [7, 11) is -0.186. The lowest BCUT2D eigenvalue weighted by Crippen LogP contribution is -2.50. The van der Waals surface area contributed by atoms with Crippen LogP contribution in [0.2, 0.25) is 0 Å². The number of hydrogen-bond acceptors (Lipinski definition) is 13. The largest absolute Gasteiger partial charge is 0.485 e. The molecule has 0 aliphatic carbocycles. The van der Waals surface area contributed by atoms with Crippen LogP contribution >= 0.6 is 0 Å². The van der Waals surface area contributed by atoms with E-state index >= 15 is 4.39 Å². The first-order valence-corrected chi connectivity index (χ1v) is 20.9. The van der Waals surface area contributed by atoms with E-state index in [9.17, 15) is 18.0 Å². The number of aromatic amines is 1. The molecule has 2 amide bonds. The second-order valence-electron chi connectivity index (χ2n) is 15.4. The number of imide groups is 1. The quantitative estimate of drug-likeness (QED) is 0.127. The van der Waals surface area contributed by atoms with Gasteiger partial charge in [0.1, 0.15) is 17.8 Å². The van der Waals surface area contributed by atoms with Gasteiger partial charge in [-0.3, -0.25) is 24.7 Å². The molecule has 18 nitrogen and oxygen atoms in total. The molecule has 20 heteroatoms. The smallest absolute Gasteiger partial charge is 0.247 e. The normalized spacial score (nSPS) is 16.7. The van der Waals surface area contributed by atoms with Crippen molar-refractivity contribution >= 4 is 56.3 Å². The minimum absolute atomic E-state index is 0.0197. The maximum absolute atomic E-state index is 15.6. The van der Waals surface area contributed by atoms with E-state index in [1.165, 1.54) is 32.8 Å². The van der Waals surface area contributed by atoms with Crippen molar-refractivity contribution < 1.29 is 27.1 Å². The van der Waals surface area contributed by atoms with Gasteiger partial charge in [0.05, 0.1) is 28.4 Å². The third-order valence-electron chi connectivity index (χ3n) is 10.8. The van der Waals surface area contributed by atoms with Gasteiger partial charge in [-0.2, -0.15) is 24.0 Å². The molecule has 0 saturated carbocycles. The van der Waals surface area contributed by atoms with Gasteiger partial charge in [-0.1, -0.05) is 6.07 Å². The number of aryl methyl sites for hydroxylation is 1. The number of carbonyl (C=O) groups excluding carboxylic acids is 2. The maximum Gasteiger partial charge on any atom is 0.247 e. The van der Waals surface area contributed by atoms with Crippen molar-refractivity contribution in [2.45, 2.75) is 50.0 Å². The Bertz CT molecular complexity index is 2610. The van der Waals surface area contributed by atoms with Crippen LogP contribution in [0.3, 0.4) is 0 Å². The molecule has 2 aliphatic heterocycles. The number of hydrogen-bond donors (Lipinski definition) is 3. The molecule has 6 aromatic rings. The Morgan fingerprint density at radius 2 is 1.98 bits per heavy atom. The summed E-state index contributed by atoms with van der Waals surface area (Å²) < 4.78 is 54.1. The van der Waals surface area contributed by atoms with Gasteiger partial charge in [0.2, 0.25) is 33.9 Å². The molecule has 0 bridgehead atoms. The van der Waals surface area contributed by atoms with Gasteiger partial charge in [0.15, 0.2) is 11.6 Å². The number of likely N-dealkylation sites (tertiary alicyclic amines) is 1. The highest BCUT2D eigenvalue weighted by Crippen LogP contribution is 2.35. The lowest BCUT2D eigenvalue weighted by atomic mass is 9.89. The zero-order valence-corrected chi connectivity index (χ0v) is 34.0. The van der Waals surface area contributed by atoms with Gasteiger partial charge >= 0.3 is 0 Å². The third-order valence-corrected chi connectivity index (χ3v) is 12.7. The predicted molar refractivity (Wildman–Crippen MR) is 217 cm³/mol. The number of anilines is 3. The fourth-order valence-corrected chi connectivity index (χ4v) is 9.41. The minimum Gasteiger partial charge on any atom is -0.485 e. The van der Waals surface area contributed by atoms with Crippen molar-refractivity contribution in [1.29, 1.82) is 0 Å². The van der Waals surface area contributed by atoms with Crippen LogP contribution in [0.5, 0.6) is 5.75 Å². The number of benzene rings is 2. The lowest BCUT2D eigenvalue weighted by Gasteiger charge is -2.43. The number of nitrogens with zero attached hydrogens (tertiary/aromatic N) is 10. The molecule has 2 fully saturated rings. The summed E-state index contributed by atoms with van der Waals surface area (Å²) in [6.07, 6.45) is 6.79. The predicted octanol–water partition coefficient (Wildman–Crippen LogP) is 3.67. The summed E-state index contributed by atoms with van der Waals surface area (Å²) in [6, 6.07) is 10.2. The molecular formula is C39H46FN13O5S. The first-order valence-electron chi connectivity index (χ1n) is 19.5. The van der Waals surface area contributed by atoms with E-state index in [0.717, 1.165) is 55.3 Å². The van der Waals surface area contributed by atoms with Gasteiger partial charge in [-0.25, -0.2) is 17.8 Å². The molecule has 0 radical (unpaired) electrons. The maximum atomic E-state index is 15.6.